The lowest BCUT2D eigenvalue weighted by atomic mass is 10.2. The van der Waals surface area contributed by atoms with E-state index in [0.29, 0.717) is 23.3 Å². The van der Waals surface area contributed by atoms with Gasteiger partial charge in [0.1, 0.15) is 0 Å². The maximum absolute atomic E-state index is 11.9. The van der Waals surface area contributed by atoms with Crippen molar-refractivity contribution in [2.24, 2.45) is 10.7 Å². The van der Waals surface area contributed by atoms with Crippen molar-refractivity contribution in [2.45, 2.75) is 0 Å². The molecule has 0 saturated carbocycles. The van der Waals surface area contributed by atoms with Gasteiger partial charge in [0, 0.05) is 11.3 Å². The minimum Gasteiger partial charge on any atom is -0.369 e. The van der Waals surface area contributed by atoms with Gasteiger partial charge in [-0.2, -0.15) is 0 Å². The highest BCUT2D eigenvalue weighted by Gasteiger charge is 2.05. The third kappa shape index (κ3) is 4.17. The molecule has 6 nitrogen and oxygen atoms in total. The monoisotopic (exact) mass is 282 g/mol. The number of hydrogen-bond donors (Lipinski definition) is 3. The van der Waals surface area contributed by atoms with Crippen LogP contribution in [0.25, 0.3) is 0 Å². The predicted molar refractivity (Wildman–Crippen MR) is 81.3 cm³/mol. The van der Waals surface area contributed by atoms with Crippen LogP contribution in [0.15, 0.2) is 59.6 Å². The maximum atomic E-state index is 11.9. The molecule has 0 heterocycles. The Bertz CT molecular complexity index is 668. The highest BCUT2D eigenvalue weighted by molar-refractivity contribution is 6.05. The quantitative estimate of drug-likeness (QED) is 0.451. The Balaban J connectivity index is 2.09. The second-order valence-electron chi connectivity index (χ2n) is 4.13. The minimum atomic E-state index is -0.334. The predicted octanol–water partition coefficient (Wildman–Crippen LogP) is 1.63. The van der Waals surface area contributed by atoms with Crippen LogP contribution in [-0.4, -0.2) is 18.3 Å². The van der Waals surface area contributed by atoms with Crippen molar-refractivity contribution in [3.8, 4) is 0 Å². The lowest BCUT2D eigenvalue weighted by Crippen LogP contribution is -2.36. The zero-order valence-corrected chi connectivity index (χ0v) is 11.1. The van der Waals surface area contributed by atoms with E-state index in [4.69, 9.17) is 5.73 Å². The average Bonchev–Trinajstić information content (AvgIpc) is 2.48. The van der Waals surface area contributed by atoms with Crippen molar-refractivity contribution in [1.29, 1.82) is 0 Å². The summed E-state index contributed by atoms with van der Waals surface area (Å²) in [5.41, 5.74) is 7.30. The van der Waals surface area contributed by atoms with Crippen LogP contribution < -0.4 is 16.4 Å². The molecule has 2 rings (SSSR count). The van der Waals surface area contributed by atoms with Gasteiger partial charge in [-0.05, 0) is 30.3 Å². The van der Waals surface area contributed by atoms with E-state index in [9.17, 15) is 9.59 Å². The van der Waals surface area contributed by atoms with Crippen molar-refractivity contribution >= 4 is 29.7 Å². The van der Waals surface area contributed by atoms with Gasteiger partial charge in [-0.3, -0.25) is 14.9 Å². The van der Waals surface area contributed by atoms with Gasteiger partial charge in [-0.1, -0.05) is 24.3 Å². The molecule has 0 saturated heterocycles. The molecule has 0 bridgehead atoms. The Morgan fingerprint density at radius 2 is 1.86 bits per heavy atom. The first-order chi connectivity index (χ1) is 10.2. The first kappa shape index (κ1) is 14.3. The molecule has 0 radical (unpaired) electrons. The minimum absolute atomic E-state index is 0.0212. The lowest BCUT2D eigenvalue weighted by Gasteiger charge is -2.05. The zero-order valence-electron chi connectivity index (χ0n) is 11.1. The topological polar surface area (TPSA) is 96.6 Å². The Morgan fingerprint density at radius 1 is 1.10 bits per heavy atom. The number of nitrogens with two attached hydrogens (primary N) is 1. The third-order valence-electron chi connectivity index (χ3n) is 2.60. The summed E-state index contributed by atoms with van der Waals surface area (Å²) in [7, 11) is 0. The number of aliphatic imine (C=N–C) groups is 1. The fourth-order valence-corrected chi connectivity index (χ4v) is 1.68. The van der Waals surface area contributed by atoms with E-state index >= 15 is 0 Å². The van der Waals surface area contributed by atoms with Gasteiger partial charge in [0.15, 0.2) is 0 Å². The van der Waals surface area contributed by atoms with E-state index < -0.39 is 0 Å². The number of benzene rings is 2. The molecule has 0 aliphatic carbocycles. The number of carbonyl (C=O) groups is 2. The summed E-state index contributed by atoms with van der Waals surface area (Å²) in [5.74, 6) is -0.355. The number of nitrogens with zero attached hydrogens (tertiary/aromatic N) is 1. The summed E-state index contributed by atoms with van der Waals surface area (Å²) >= 11 is 0. The van der Waals surface area contributed by atoms with E-state index in [0.717, 1.165) is 0 Å². The van der Waals surface area contributed by atoms with Crippen molar-refractivity contribution in [2.75, 3.05) is 5.32 Å². The van der Waals surface area contributed by atoms with Crippen molar-refractivity contribution in [3.05, 3.63) is 60.2 Å². The molecule has 0 aliphatic heterocycles. The van der Waals surface area contributed by atoms with E-state index in [1.54, 1.807) is 48.5 Å². The summed E-state index contributed by atoms with van der Waals surface area (Å²) in [6.45, 7) is 0. The van der Waals surface area contributed by atoms with E-state index in [2.05, 4.69) is 15.6 Å². The molecule has 4 N–H and O–H groups in total. The molecule has 2 aromatic rings. The van der Waals surface area contributed by atoms with Crippen LogP contribution in [0, 0.1) is 0 Å². The summed E-state index contributed by atoms with van der Waals surface area (Å²) in [4.78, 5) is 26.3. The highest BCUT2D eigenvalue weighted by atomic mass is 16.1. The molecular formula is C15H14N4O2. The van der Waals surface area contributed by atoms with Crippen LogP contribution in [0.3, 0.4) is 0 Å². The molecular weight excluding hydrogens is 268 g/mol. The zero-order chi connectivity index (χ0) is 15.1. The molecule has 21 heavy (non-hydrogen) atoms. The number of nitrogens with one attached hydrogen (secondary N) is 2. The van der Waals surface area contributed by atoms with E-state index in [1.165, 1.54) is 0 Å². The number of amides is 2. The second kappa shape index (κ2) is 6.85. The Morgan fingerprint density at radius 3 is 2.57 bits per heavy atom. The third-order valence-corrected chi connectivity index (χ3v) is 2.60. The van der Waals surface area contributed by atoms with Crippen molar-refractivity contribution in [1.82, 2.24) is 5.32 Å². The Hall–Kier alpha value is -3.15. The molecule has 0 spiro atoms. The maximum Gasteiger partial charge on any atom is 0.257 e. The number of carbonyl (C=O) groups excluding carboxylic acids is 2. The van der Waals surface area contributed by atoms with Gasteiger partial charge in [0.25, 0.3) is 5.91 Å². The Labute approximate surface area is 121 Å². The smallest absolute Gasteiger partial charge is 0.257 e. The molecule has 106 valence electrons. The van der Waals surface area contributed by atoms with Crippen LogP contribution in [0.2, 0.25) is 0 Å². The van der Waals surface area contributed by atoms with Crippen LogP contribution in [-0.2, 0) is 4.79 Å². The summed E-state index contributed by atoms with van der Waals surface area (Å²) in [6, 6.07) is 15.5. The number of hydrogen-bond acceptors (Lipinski definition) is 3. The Kier molecular flexibility index (Phi) is 4.66. The fraction of sp³-hybridized carbons (Fsp3) is 0. The van der Waals surface area contributed by atoms with Gasteiger partial charge in [-0.25, -0.2) is 4.99 Å². The fourth-order valence-electron chi connectivity index (χ4n) is 1.68. The summed E-state index contributed by atoms with van der Waals surface area (Å²) in [5, 5.41) is 5.00. The second-order valence-corrected chi connectivity index (χ2v) is 4.13. The van der Waals surface area contributed by atoms with Gasteiger partial charge >= 0.3 is 0 Å². The first-order valence-corrected chi connectivity index (χ1v) is 6.20. The molecule has 0 aliphatic rings. The summed E-state index contributed by atoms with van der Waals surface area (Å²) in [6.07, 6.45) is 0.573. The standard InChI is InChI=1S/C15H14N4O2/c16-15(19-14(21)11-5-2-1-3-6-11)18-13-8-4-7-12(9-13)17-10-20/h1-10H,(H,17,20)(H3,16,18,19,21). The van der Waals surface area contributed by atoms with Crippen LogP contribution in [0.5, 0.6) is 0 Å². The molecule has 0 unspecified atom stereocenters. The van der Waals surface area contributed by atoms with Crippen LogP contribution in [0.4, 0.5) is 11.4 Å². The molecule has 0 fully saturated rings. The number of anilines is 1. The SMILES string of the molecule is NC(=Nc1cccc(NC=O)c1)NC(=O)c1ccccc1. The lowest BCUT2D eigenvalue weighted by molar-refractivity contribution is -0.105. The van der Waals surface area contributed by atoms with Gasteiger partial charge in [-0.15, -0.1) is 0 Å². The van der Waals surface area contributed by atoms with E-state index in [1.807, 2.05) is 6.07 Å². The molecule has 2 amide bonds. The van der Waals surface area contributed by atoms with Gasteiger partial charge in [0.05, 0.1) is 5.69 Å². The van der Waals surface area contributed by atoms with Gasteiger partial charge < -0.3 is 11.1 Å². The molecule has 0 aromatic heterocycles. The van der Waals surface area contributed by atoms with Crippen LogP contribution in [0.1, 0.15) is 10.4 Å². The van der Waals surface area contributed by atoms with Crippen molar-refractivity contribution < 1.29 is 9.59 Å². The normalized spacial score (nSPS) is 10.8. The molecule has 0 atom stereocenters. The largest absolute Gasteiger partial charge is 0.369 e. The molecule has 6 heteroatoms. The summed E-state index contributed by atoms with van der Waals surface area (Å²) < 4.78 is 0. The van der Waals surface area contributed by atoms with E-state index in [-0.39, 0.29) is 11.9 Å². The first-order valence-electron chi connectivity index (χ1n) is 6.20. The van der Waals surface area contributed by atoms with Gasteiger partial charge in [0.2, 0.25) is 12.4 Å². The van der Waals surface area contributed by atoms with Crippen molar-refractivity contribution in [3.63, 3.8) is 0 Å². The molecule has 2 aromatic carbocycles. The number of rotatable bonds is 4. The highest BCUT2D eigenvalue weighted by Crippen LogP contribution is 2.17. The van der Waals surface area contributed by atoms with Crippen LogP contribution >= 0.6 is 0 Å². The average molecular weight is 282 g/mol. The number of guanidine groups is 1.